The molecule has 1 aliphatic heterocycles. The van der Waals surface area contributed by atoms with E-state index in [1.807, 2.05) is 43.4 Å². The molecule has 0 saturated carbocycles. The van der Waals surface area contributed by atoms with Crippen molar-refractivity contribution in [1.82, 2.24) is 4.90 Å². The van der Waals surface area contributed by atoms with Crippen molar-refractivity contribution < 1.29 is 23.8 Å². The standard InChI is InChI=1S/C13H22INO5/c1-13(2,3)20-11(16)15-6-4-5-10(7-15)8-18-12(17)19-9-14/h10H,4-9H2,1-3H3. The van der Waals surface area contributed by atoms with E-state index >= 15 is 0 Å². The van der Waals surface area contributed by atoms with E-state index in [0.717, 1.165) is 12.8 Å². The van der Waals surface area contributed by atoms with Crippen LogP contribution in [0.15, 0.2) is 0 Å². The van der Waals surface area contributed by atoms with Gasteiger partial charge in [0.05, 0.1) is 6.61 Å². The quantitative estimate of drug-likeness (QED) is 0.415. The summed E-state index contributed by atoms with van der Waals surface area (Å²) in [6, 6.07) is 0. The van der Waals surface area contributed by atoms with Gasteiger partial charge in [0, 0.05) is 19.0 Å². The van der Waals surface area contributed by atoms with E-state index in [4.69, 9.17) is 14.2 Å². The second-order valence-corrected chi connectivity index (χ2v) is 6.37. The van der Waals surface area contributed by atoms with Gasteiger partial charge in [0.15, 0.2) is 0 Å². The lowest BCUT2D eigenvalue weighted by molar-refractivity contribution is 0.00814. The molecule has 1 unspecified atom stereocenters. The molecule has 0 aromatic rings. The van der Waals surface area contributed by atoms with E-state index < -0.39 is 11.8 Å². The predicted molar refractivity (Wildman–Crippen MR) is 81.9 cm³/mol. The number of nitrogens with zero attached hydrogens (tertiary/aromatic N) is 1. The number of rotatable bonds is 3. The summed E-state index contributed by atoms with van der Waals surface area (Å²) >= 11 is 1.93. The average Bonchev–Trinajstić information content (AvgIpc) is 2.35. The average molecular weight is 399 g/mol. The third-order valence-electron chi connectivity index (χ3n) is 2.78. The number of carbonyl (C=O) groups is 2. The van der Waals surface area contributed by atoms with Crippen LogP contribution in [0.2, 0.25) is 0 Å². The van der Waals surface area contributed by atoms with E-state index in [1.165, 1.54) is 0 Å². The Kier molecular flexibility index (Phi) is 6.84. The maximum absolute atomic E-state index is 12.0. The van der Waals surface area contributed by atoms with E-state index in [0.29, 0.717) is 13.1 Å². The lowest BCUT2D eigenvalue weighted by atomic mass is 9.99. The highest BCUT2D eigenvalue weighted by molar-refractivity contribution is 14.1. The Hall–Kier alpha value is -0.730. The number of hydrogen-bond acceptors (Lipinski definition) is 5. The van der Waals surface area contributed by atoms with Gasteiger partial charge in [-0.1, -0.05) is 0 Å². The normalized spacial score (nSPS) is 19.4. The summed E-state index contributed by atoms with van der Waals surface area (Å²) in [6.45, 7) is 7.03. The number of alkyl halides is 1. The van der Waals surface area contributed by atoms with Crippen molar-refractivity contribution in [2.24, 2.45) is 5.92 Å². The summed E-state index contributed by atoms with van der Waals surface area (Å²) in [5.74, 6) is 0.137. The van der Waals surface area contributed by atoms with Gasteiger partial charge >= 0.3 is 12.2 Å². The van der Waals surface area contributed by atoms with Gasteiger partial charge in [0.2, 0.25) is 0 Å². The number of amides is 1. The Balaban J connectivity index is 2.38. The minimum Gasteiger partial charge on any atom is -0.444 e. The molecule has 1 amide bonds. The molecule has 1 fully saturated rings. The number of ether oxygens (including phenoxy) is 3. The highest BCUT2D eigenvalue weighted by Crippen LogP contribution is 2.19. The molecule has 1 atom stereocenters. The molecule has 1 aliphatic rings. The summed E-state index contributed by atoms with van der Waals surface area (Å²) in [5, 5.41) is 0. The lowest BCUT2D eigenvalue weighted by Gasteiger charge is -2.33. The first-order chi connectivity index (χ1) is 9.31. The molecule has 116 valence electrons. The predicted octanol–water partition coefficient (Wildman–Crippen LogP) is 3.18. The third kappa shape index (κ3) is 6.62. The van der Waals surface area contributed by atoms with Gasteiger partial charge in [-0.25, -0.2) is 9.59 Å². The molecular weight excluding hydrogens is 377 g/mol. The Morgan fingerprint density at radius 1 is 1.30 bits per heavy atom. The first-order valence-corrected chi connectivity index (χ1v) is 8.18. The van der Waals surface area contributed by atoms with E-state index in [-0.39, 0.29) is 23.2 Å². The Morgan fingerprint density at radius 2 is 2.00 bits per heavy atom. The molecule has 0 aromatic carbocycles. The van der Waals surface area contributed by atoms with Crippen molar-refractivity contribution in [3.8, 4) is 0 Å². The fourth-order valence-corrected chi connectivity index (χ4v) is 2.22. The van der Waals surface area contributed by atoms with Crippen LogP contribution in [0.1, 0.15) is 33.6 Å². The fraction of sp³-hybridized carbons (Fsp3) is 0.846. The van der Waals surface area contributed by atoms with Crippen LogP contribution in [-0.4, -0.2) is 47.1 Å². The molecule has 0 aromatic heterocycles. The van der Waals surface area contributed by atoms with Crippen LogP contribution in [0.4, 0.5) is 9.59 Å². The number of halogens is 1. The van der Waals surface area contributed by atoms with Crippen molar-refractivity contribution in [2.75, 3.05) is 24.3 Å². The zero-order chi connectivity index (χ0) is 15.2. The number of piperidine rings is 1. The van der Waals surface area contributed by atoms with Gasteiger partial charge < -0.3 is 19.1 Å². The molecule has 1 rings (SSSR count). The second-order valence-electron chi connectivity index (χ2n) is 5.75. The first-order valence-electron chi connectivity index (χ1n) is 6.65. The molecule has 0 spiro atoms. The van der Waals surface area contributed by atoms with Gasteiger partial charge in [0.25, 0.3) is 0 Å². The van der Waals surface area contributed by atoms with Crippen molar-refractivity contribution in [3.63, 3.8) is 0 Å². The maximum atomic E-state index is 12.0. The second kappa shape index (κ2) is 7.90. The van der Waals surface area contributed by atoms with E-state index in [2.05, 4.69) is 0 Å². The van der Waals surface area contributed by atoms with Gasteiger partial charge in [-0.2, -0.15) is 0 Å². The Morgan fingerprint density at radius 3 is 2.60 bits per heavy atom. The highest BCUT2D eigenvalue weighted by atomic mass is 127. The van der Waals surface area contributed by atoms with Crippen molar-refractivity contribution in [1.29, 1.82) is 0 Å². The Bertz CT molecular complexity index is 342. The number of likely N-dealkylation sites (tertiary alicyclic amines) is 1. The van der Waals surface area contributed by atoms with Crippen molar-refractivity contribution in [3.05, 3.63) is 0 Å². The van der Waals surface area contributed by atoms with Crippen LogP contribution in [0.25, 0.3) is 0 Å². The first kappa shape index (κ1) is 17.3. The molecule has 0 radical (unpaired) electrons. The van der Waals surface area contributed by atoms with Crippen LogP contribution in [0.5, 0.6) is 0 Å². The summed E-state index contributed by atoms with van der Waals surface area (Å²) in [4.78, 5) is 24.8. The van der Waals surface area contributed by atoms with E-state index in [1.54, 1.807) is 4.90 Å². The summed E-state index contributed by atoms with van der Waals surface area (Å²) in [5.41, 5.74) is -0.495. The lowest BCUT2D eigenvalue weighted by Crippen LogP contribution is -2.44. The van der Waals surface area contributed by atoms with Crippen LogP contribution < -0.4 is 0 Å². The van der Waals surface area contributed by atoms with Crippen LogP contribution in [0.3, 0.4) is 0 Å². The van der Waals surface area contributed by atoms with Gasteiger partial charge in [-0.05, 0) is 56.2 Å². The topological polar surface area (TPSA) is 65.1 Å². The zero-order valence-corrected chi connectivity index (χ0v) is 14.3. The largest absolute Gasteiger partial charge is 0.509 e. The van der Waals surface area contributed by atoms with Crippen molar-refractivity contribution in [2.45, 2.75) is 39.2 Å². The molecule has 1 heterocycles. The van der Waals surface area contributed by atoms with Gasteiger partial charge in [-0.3, -0.25) is 0 Å². The summed E-state index contributed by atoms with van der Waals surface area (Å²) < 4.78 is 15.3. The molecule has 6 nitrogen and oxygen atoms in total. The molecule has 1 saturated heterocycles. The smallest absolute Gasteiger partial charge is 0.444 e. The third-order valence-corrected chi connectivity index (χ3v) is 3.09. The SMILES string of the molecule is CC(C)(C)OC(=O)N1CCCC(COC(=O)OCI)C1. The fourth-order valence-electron chi connectivity index (χ4n) is 1.97. The molecule has 20 heavy (non-hydrogen) atoms. The molecule has 0 aliphatic carbocycles. The van der Waals surface area contributed by atoms with Crippen molar-refractivity contribution >= 4 is 34.8 Å². The summed E-state index contributed by atoms with van der Waals surface area (Å²) in [7, 11) is 0. The van der Waals surface area contributed by atoms with Gasteiger partial charge in [0.1, 0.15) is 10.2 Å². The molecule has 7 heteroatoms. The number of carbonyl (C=O) groups excluding carboxylic acids is 2. The van der Waals surface area contributed by atoms with Crippen LogP contribution in [0, 0.1) is 5.92 Å². The van der Waals surface area contributed by atoms with Crippen LogP contribution in [-0.2, 0) is 14.2 Å². The minimum absolute atomic E-state index is 0.137. The number of hydrogen-bond donors (Lipinski definition) is 0. The Labute approximate surface area is 133 Å². The van der Waals surface area contributed by atoms with Crippen LogP contribution >= 0.6 is 22.6 Å². The van der Waals surface area contributed by atoms with Gasteiger partial charge in [-0.15, -0.1) is 0 Å². The monoisotopic (exact) mass is 399 g/mol. The van der Waals surface area contributed by atoms with E-state index in [9.17, 15) is 9.59 Å². The molecule has 0 N–H and O–H groups in total. The molecule has 0 bridgehead atoms. The highest BCUT2D eigenvalue weighted by Gasteiger charge is 2.28. The zero-order valence-electron chi connectivity index (χ0n) is 12.2. The summed E-state index contributed by atoms with van der Waals surface area (Å²) in [6.07, 6.45) is 0.844. The maximum Gasteiger partial charge on any atom is 0.509 e. The minimum atomic E-state index is -0.659. The molecular formula is C13H22INO5.